The van der Waals surface area contributed by atoms with Gasteiger partial charge in [0.15, 0.2) is 0 Å². The van der Waals surface area contributed by atoms with Gasteiger partial charge in [-0.25, -0.2) is 12.8 Å². The molecule has 2 aromatic rings. The van der Waals surface area contributed by atoms with Crippen LogP contribution in [0.15, 0.2) is 47.4 Å². The van der Waals surface area contributed by atoms with Gasteiger partial charge in [-0.05, 0) is 61.6 Å². The smallest absolute Gasteiger partial charge is 0.262 e. The van der Waals surface area contributed by atoms with Crippen molar-refractivity contribution in [2.24, 2.45) is 5.92 Å². The number of nitrogens with zero attached hydrogens (tertiary/aromatic N) is 1. The van der Waals surface area contributed by atoms with E-state index in [0.29, 0.717) is 30.1 Å². The van der Waals surface area contributed by atoms with Crippen molar-refractivity contribution >= 4 is 21.6 Å². The number of anilines is 1. The first kappa shape index (κ1) is 19.4. The second-order valence-corrected chi connectivity index (χ2v) is 8.71. The molecule has 0 bridgehead atoms. The van der Waals surface area contributed by atoms with Crippen LogP contribution in [0.5, 0.6) is 0 Å². The molecular formula is C20H23FN2O3S. The number of amides is 1. The normalized spacial score (nSPS) is 17.6. The lowest BCUT2D eigenvalue weighted by molar-refractivity contribution is 0.0684. The number of carbonyl (C=O) groups is 1. The Bertz CT molecular complexity index is 959. The third kappa shape index (κ3) is 4.30. The molecule has 1 atom stereocenters. The highest BCUT2D eigenvalue weighted by molar-refractivity contribution is 7.92. The SMILES string of the molecule is Cc1cc(F)ccc1S(=O)(=O)Nc1ccccc1C(=O)N1CCCC(C)C1. The van der Waals surface area contributed by atoms with Crippen molar-refractivity contribution in [3.8, 4) is 0 Å². The summed E-state index contributed by atoms with van der Waals surface area (Å²) in [7, 11) is -3.95. The Morgan fingerprint density at radius 1 is 1.22 bits per heavy atom. The molecule has 3 rings (SSSR count). The van der Waals surface area contributed by atoms with Crippen LogP contribution in [0.4, 0.5) is 10.1 Å². The summed E-state index contributed by atoms with van der Waals surface area (Å²) in [6.07, 6.45) is 2.03. The number of halogens is 1. The number of carbonyl (C=O) groups excluding carboxylic acids is 1. The first-order chi connectivity index (χ1) is 12.8. The fraction of sp³-hybridized carbons (Fsp3) is 0.350. The number of benzene rings is 2. The molecule has 1 heterocycles. The lowest BCUT2D eigenvalue weighted by Crippen LogP contribution is -2.39. The molecule has 0 radical (unpaired) electrons. The lowest BCUT2D eigenvalue weighted by atomic mass is 9.99. The fourth-order valence-electron chi connectivity index (χ4n) is 3.42. The molecule has 1 amide bonds. The van der Waals surface area contributed by atoms with Gasteiger partial charge in [0.1, 0.15) is 5.82 Å². The highest BCUT2D eigenvalue weighted by atomic mass is 32.2. The van der Waals surface area contributed by atoms with Crippen LogP contribution in [0.3, 0.4) is 0 Å². The van der Waals surface area contributed by atoms with Crippen molar-refractivity contribution in [2.45, 2.75) is 31.6 Å². The number of rotatable bonds is 4. The predicted octanol–water partition coefficient (Wildman–Crippen LogP) is 3.81. The Morgan fingerprint density at radius 2 is 1.96 bits per heavy atom. The van der Waals surface area contributed by atoms with Crippen LogP contribution in [-0.4, -0.2) is 32.3 Å². The molecule has 0 spiro atoms. The first-order valence-electron chi connectivity index (χ1n) is 8.95. The van der Waals surface area contributed by atoms with Crippen molar-refractivity contribution in [1.29, 1.82) is 0 Å². The maximum absolute atomic E-state index is 13.3. The van der Waals surface area contributed by atoms with Gasteiger partial charge in [-0.15, -0.1) is 0 Å². The van der Waals surface area contributed by atoms with Gasteiger partial charge in [0, 0.05) is 13.1 Å². The molecule has 1 unspecified atom stereocenters. The summed E-state index contributed by atoms with van der Waals surface area (Å²) in [6.45, 7) is 4.97. The quantitative estimate of drug-likeness (QED) is 0.863. The van der Waals surface area contributed by atoms with E-state index in [1.165, 1.54) is 19.1 Å². The maximum atomic E-state index is 13.3. The minimum atomic E-state index is -3.95. The van der Waals surface area contributed by atoms with Crippen molar-refractivity contribution < 1.29 is 17.6 Å². The Kier molecular flexibility index (Phi) is 5.51. The van der Waals surface area contributed by atoms with E-state index in [0.717, 1.165) is 18.9 Å². The van der Waals surface area contributed by atoms with Gasteiger partial charge in [0.25, 0.3) is 15.9 Å². The summed E-state index contributed by atoms with van der Waals surface area (Å²) in [6, 6.07) is 10.1. The molecule has 0 saturated carbocycles. The number of piperidine rings is 1. The molecule has 1 saturated heterocycles. The van der Waals surface area contributed by atoms with Crippen molar-refractivity contribution in [1.82, 2.24) is 4.90 Å². The monoisotopic (exact) mass is 390 g/mol. The van der Waals surface area contributed by atoms with Crippen LogP contribution in [-0.2, 0) is 10.0 Å². The molecule has 1 N–H and O–H groups in total. The summed E-state index contributed by atoms with van der Waals surface area (Å²) < 4.78 is 41.4. The molecule has 1 aliphatic heterocycles. The van der Waals surface area contributed by atoms with Crippen molar-refractivity contribution in [3.63, 3.8) is 0 Å². The average Bonchev–Trinajstić information content (AvgIpc) is 2.61. The Labute approximate surface area is 159 Å². The van der Waals surface area contributed by atoms with Gasteiger partial charge >= 0.3 is 0 Å². The van der Waals surface area contributed by atoms with Crippen molar-refractivity contribution in [2.75, 3.05) is 17.8 Å². The summed E-state index contributed by atoms with van der Waals surface area (Å²) in [5.74, 6) is -0.259. The van der Waals surface area contributed by atoms with Gasteiger partial charge in [-0.2, -0.15) is 0 Å². The Hall–Kier alpha value is -2.41. The number of nitrogens with one attached hydrogen (secondary N) is 1. The molecule has 1 aliphatic rings. The molecule has 144 valence electrons. The van der Waals surface area contributed by atoms with Crippen LogP contribution in [0.2, 0.25) is 0 Å². The van der Waals surface area contributed by atoms with Crippen LogP contribution in [0.25, 0.3) is 0 Å². The van der Waals surface area contributed by atoms with Gasteiger partial charge in [-0.3, -0.25) is 9.52 Å². The second-order valence-electron chi connectivity index (χ2n) is 7.06. The molecule has 0 aliphatic carbocycles. The number of sulfonamides is 1. The second kappa shape index (κ2) is 7.68. The van der Waals surface area contributed by atoms with Crippen molar-refractivity contribution in [3.05, 3.63) is 59.4 Å². The van der Waals surface area contributed by atoms with Crippen LogP contribution >= 0.6 is 0 Å². The largest absolute Gasteiger partial charge is 0.338 e. The molecule has 1 fully saturated rings. The topological polar surface area (TPSA) is 66.5 Å². The number of para-hydroxylation sites is 1. The van der Waals surface area contributed by atoms with Crippen LogP contribution in [0.1, 0.15) is 35.7 Å². The number of hydrogen-bond acceptors (Lipinski definition) is 3. The van der Waals surface area contributed by atoms with Crippen LogP contribution in [0, 0.1) is 18.7 Å². The van der Waals surface area contributed by atoms with E-state index < -0.39 is 15.8 Å². The van der Waals surface area contributed by atoms with E-state index in [2.05, 4.69) is 11.6 Å². The zero-order valence-electron chi connectivity index (χ0n) is 15.4. The predicted molar refractivity (Wildman–Crippen MR) is 103 cm³/mol. The molecule has 7 heteroatoms. The third-order valence-corrected chi connectivity index (χ3v) is 6.30. The maximum Gasteiger partial charge on any atom is 0.262 e. The average molecular weight is 390 g/mol. The van der Waals surface area contributed by atoms with E-state index >= 15 is 0 Å². The van der Waals surface area contributed by atoms with Gasteiger partial charge < -0.3 is 4.90 Å². The highest BCUT2D eigenvalue weighted by Gasteiger charge is 2.25. The zero-order valence-corrected chi connectivity index (χ0v) is 16.2. The number of aryl methyl sites for hydroxylation is 1. The molecule has 2 aromatic carbocycles. The molecular weight excluding hydrogens is 367 g/mol. The Balaban J connectivity index is 1.91. The summed E-state index contributed by atoms with van der Waals surface area (Å²) in [4.78, 5) is 14.7. The molecule has 5 nitrogen and oxygen atoms in total. The molecule has 27 heavy (non-hydrogen) atoms. The van der Waals surface area contributed by atoms with E-state index in [-0.39, 0.29) is 16.5 Å². The first-order valence-corrected chi connectivity index (χ1v) is 10.4. The van der Waals surface area contributed by atoms with Gasteiger partial charge in [0.05, 0.1) is 16.1 Å². The van der Waals surface area contributed by atoms with E-state index in [1.54, 1.807) is 29.2 Å². The minimum absolute atomic E-state index is 0.0160. The minimum Gasteiger partial charge on any atom is -0.338 e. The Morgan fingerprint density at radius 3 is 2.67 bits per heavy atom. The fourth-order valence-corrected chi connectivity index (χ4v) is 4.72. The third-order valence-electron chi connectivity index (χ3n) is 4.77. The molecule has 0 aromatic heterocycles. The number of hydrogen-bond donors (Lipinski definition) is 1. The van der Waals surface area contributed by atoms with Crippen LogP contribution < -0.4 is 4.72 Å². The van der Waals surface area contributed by atoms with Gasteiger partial charge in [-0.1, -0.05) is 19.1 Å². The van der Waals surface area contributed by atoms with Gasteiger partial charge in [0.2, 0.25) is 0 Å². The van der Waals surface area contributed by atoms with E-state index in [9.17, 15) is 17.6 Å². The van der Waals surface area contributed by atoms with E-state index in [4.69, 9.17) is 0 Å². The summed E-state index contributed by atoms with van der Waals surface area (Å²) >= 11 is 0. The zero-order chi connectivity index (χ0) is 19.6. The standard InChI is InChI=1S/C20H23FN2O3S/c1-14-6-5-11-23(13-14)20(24)17-7-3-4-8-18(17)22-27(25,26)19-10-9-16(21)12-15(19)2/h3-4,7-10,12,14,22H,5-6,11,13H2,1-2H3. The number of likely N-dealkylation sites (tertiary alicyclic amines) is 1. The van der Waals surface area contributed by atoms with E-state index in [1.807, 2.05) is 0 Å². The summed E-state index contributed by atoms with van der Waals surface area (Å²) in [5, 5.41) is 0. The summed E-state index contributed by atoms with van der Waals surface area (Å²) in [5.41, 5.74) is 0.843. The highest BCUT2D eigenvalue weighted by Crippen LogP contribution is 2.25. The lowest BCUT2D eigenvalue weighted by Gasteiger charge is -2.31.